The number of rotatable bonds is 5. The number of pyridine rings is 1. The van der Waals surface area contributed by atoms with Crippen molar-refractivity contribution >= 4 is 10.8 Å². The molecule has 0 saturated carbocycles. The highest BCUT2D eigenvalue weighted by atomic mass is 127. The van der Waals surface area contributed by atoms with Crippen LogP contribution >= 0.6 is 0 Å². The van der Waals surface area contributed by atoms with E-state index in [0.29, 0.717) is 0 Å². The van der Waals surface area contributed by atoms with Gasteiger partial charge in [0, 0.05) is 23.9 Å². The second-order valence-electron chi connectivity index (χ2n) is 8.73. The maximum Gasteiger partial charge on any atom is 0.213 e. The van der Waals surface area contributed by atoms with Crippen LogP contribution in [0.15, 0.2) is 97.1 Å². The van der Waals surface area contributed by atoms with Crippen LogP contribution in [0.25, 0.3) is 44.3 Å². The minimum absolute atomic E-state index is 0. The fraction of sp³-hybridized carbons (Fsp3) is 0.129. The molecule has 0 atom stereocenters. The second-order valence-corrected chi connectivity index (χ2v) is 8.73. The Morgan fingerprint density at radius 2 is 1.09 bits per heavy atom. The third kappa shape index (κ3) is 4.87. The first-order valence-corrected chi connectivity index (χ1v) is 11.5. The molecule has 0 spiro atoms. The maximum atomic E-state index is 9.83. The summed E-state index contributed by atoms with van der Waals surface area (Å²) in [5, 5.41) is 21.7. The molecule has 0 radical (unpaired) electrons. The van der Waals surface area contributed by atoms with Gasteiger partial charge in [0.15, 0.2) is 5.69 Å². The molecule has 1 aromatic heterocycles. The maximum absolute atomic E-state index is 9.83. The van der Waals surface area contributed by atoms with Crippen LogP contribution in [0.5, 0.6) is 0 Å². The van der Waals surface area contributed by atoms with E-state index in [2.05, 4.69) is 91.3 Å². The molecule has 0 bridgehead atoms. The van der Waals surface area contributed by atoms with Crippen LogP contribution in [-0.4, -0.2) is 10.2 Å². The highest BCUT2D eigenvalue weighted by molar-refractivity contribution is 5.89. The van der Waals surface area contributed by atoms with Gasteiger partial charge in [-0.3, -0.25) is 0 Å². The third-order valence-electron chi connectivity index (χ3n) is 6.70. The molecule has 2 N–H and O–H groups in total. The first-order chi connectivity index (χ1) is 16.6. The van der Waals surface area contributed by atoms with E-state index in [-0.39, 0.29) is 37.2 Å². The van der Waals surface area contributed by atoms with Crippen molar-refractivity contribution in [1.82, 2.24) is 0 Å². The van der Waals surface area contributed by atoms with Crippen molar-refractivity contribution in [2.75, 3.05) is 0 Å². The SMILES string of the molecule is Cc1c2cc(CO)c(CO)cc2cc(-c2cc(-c3ccccc3)cc(-c3ccccc3)c2)[n+]1C.[I-]. The van der Waals surface area contributed by atoms with Crippen molar-refractivity contribution in [2.45, 2.75) is 20.1 Å². The van der Waals surface area contributed by atoms with Gasteiger partial charge in [0.2, 0.25) is 5.69 Å². The molecule has 4 heteroatoms. The molecular formula is C31H28INO2. The standard InChI is InChI=1S/C31H28NO2.HI/c1-21-30-17-29(20-34)28(19-33)16-26(30)18-31(32(21)2)27-14-24(22-9-5-3-6-10-22)13-25(15-27)23-11-7-4-8-12-23;/h3-18,33-34H,19-20H2,1-2H3;1H/q+1;/p-1. The Bertz CT molecular complexity index is 1420. The molecule has 1 heterocycles. The molecule has 176 valence electrons. The number of hydrogen-bond donors (Lipinski definition) is 2. The monoisotopic (exact) mass is 573 g/mol. The second kappa shape index (κ2) is 10.7. The van der Waals surface area contributed by atoms with E-state index < -0.39 is 0 Å². The van der Waals surface area contributed by atoms with Crippen LogP contribution in [0.2, 0.25) is 0 Å². The van der Waals surface area contributed by atoms with Crippen LogP contribution in [0.4, 0.5) is 0 Å². The zero-order valence-electron chi connectivity index (χ0n) is 19.9. The molecule has 4 aromatic carbocycles. The van der Waals surface area contributed by atoms with E-state index in [9.17, 15) is 10.2 Å². The summed E-state index contributed by atoms with van der Waals surface area (Å²) >= 11 is 0. The summed E-state index contributed by atoms with van der Waals surface area (Å²) in [5.41, 5.74) is 9.56. The predicted octanol–water partition coefficient (Wildman–Crippen LogP) is 2.96. The molecule has 0 aliphatic carbocycles. The van der Waals surface area contributed by atoms with E-state index in [4.69, 9.17) is 0 Å². The average molecular weight is 573 g/mol. The quantitative estimate of drug-likeness (QED) is 0.251. The van der Waals surface area contributed by atoms with Gasteiger partial charge >= 0.3 is 0 Å². The number of aliphatic hydroxyl groups excluding tert-OH is 2. The van der Waals surface area contributed by atoms with Gasteiger partial charge in [0.05, 0.1) is 13.2 Å². The van der Waals surface area contributed by atoms with Gasteiger partial charge in [-0.15, -0.1) is 0 Å². The van der Waals surface area contributed by atoms with Gasteiger partial charge in [-0.1, -0.05) is 60.7 Å². The summed E-state index contributed by atoms with van der Waals surface area (Å²) in [6.45, 7) is 1.92. The van der Waals surface area contributed by atoms with Crippen molar-refractivity contribution in [1.29, 1.82) is 0 Å². The lowest BCUT2D eigenvalue weighted by molar-refractivity contribution is -0.665. The van der Waals surface area contributed by atoms with E-state index in [1.165, 1.54) is 22.3 Å². The molecular weight excluding hydrogens is 545 g/mol. The van der Waals surface area contributed by atoms with Crippen molar-refractivity contribution in [2.24, 2.45) is 7.05 Å². The molecule has 0 aliphatic heterocycles. The van der Waals surface area contributed by atoms with E-state index in [1.807, 2.05) is 24.3 Å². The minimum Gasteiger partial charge on any atom is -1.00 e. The molecule has 5 rings (SSSR count). The predicted molar refractivity (Wildman–Crippen MR) is 138 cm³/mol. The van der Waals surface area contributed by atoms with Crippen molar-refractivity contribution in [3.63, 3.8) is 0 Å². The van der Waals surface area contributed by atoms with Crippen LogP contribution in [-0.2, 0) is 20.3 Å². The average Bonchev–Trinajstić information content (AvgIpc) is 2.90. The van der Waals surface area contributed by atoms with Gasteiger partial charge in [0.1, 0.15) is 7.05 Å². The zero-order valence-corrected chi connectivity index (χ0v) is 22.0. The number of fused-ring (bicyclic) bond motifs is 1. The number of benzene rings is 4. The Labute approximate surface area is 223 Å². The molecule has 0 amide bonds. The topological polar surface area (TPSA) is 44.3 Å². The molecule has 3 nitrogen and oxygen atoms in total. The van der Waals surface area contributed by atoms with E-state index in [1.54, 1.807) is 0 Å². The summed E-state index contributed by atoms with van der Waals surface area (Å²) < 4.78 is 2.21. The van der Waals surface area contributed by atoms with Crippen LogP contribution < -0.4 is 28.5 Å². The lowest BCUT2D eigenvalue weighted by Crippen LogP contribution is -3.00. The summed E-state index contributed by atoms with van der Waals surface area (Å²) in [7, 11) is 2.08. The Balaban J connectivity index is 0.00000289. The highest BCUT2D eigenvalue weighted by Gasteiger charge is 2.19. The number of hydrogen-bond acceptors (Lipinski definition) is 2. The number of aryl methyl sites for hydroxylation is 1. The largest absolute Gasteiger partial charge is 1.00 e. The summed E-state index contributed by atoms with van der Waals surface area (Å²) in [4.78, 5) is 0. The minimum atomic E-state index is -0.0944. The van der Waals surface area contributed by atoms with Gasteiger partial charge in [-0.2, -0.15) is 4.57 Å². The smallest absolute Gasteiger partial charge is 0.213 e. The first-order valence-electron chi connectivity index (χ1n) is 11.5. The molecule has 0 aliphatic rings. The molecule has 0 unspecified atom stereocenters. The van der Waals surface area contributed by atoms with Crippen molar-refractivity contribution < 1.29 is 38.8 Å². The fourth-order valence-electron chi connectivity index (χ4n) is 4.69. The summed E-state index contributed by atoms with van der Waals surface area (Å²) in [5.74, 6) is 0. The summed E-state index contributed by atoms with van der Waals surface area (Å²) in [6, 6.07) is 33.8. The van der Waals surface area contributed by atoms with E-state index >= 15 is 0 Å². The van der Waals surface area contributed by atoms with Crippen molar-refractivity contribution in [3.05, 3.63) is 114 Å². The lowest BCUT2D eigenvalue weighted by atomic mass is 9.93. The number of aliphatic hydroxyl groups is 2. The highest BCUT2D eigenvalue weighted by Crippen LogP contribution is 2.33. The molecule has 35 heavy (non-hydrogen) atoms. The van der Waals surface area contributed by atoms with Gasteiger partial charge in [-0.05, 0) is 69.1 Å². The third-order valence-corrected chi connectivity index (χ3v) is 6.70. The van der Waals surface area contributed by atoms with Crippen LogP contribution in [0, 0.1) is 6.92 Å². The van der Waals surface area contributed by atoms with Gasteiger partial charge in [0.25, 0.3) is 0 Å². The van der Waals surface area contributed by atoms with Gasteiger partial charge < -0.3 is 34.2 Å². The number of aromatic nitrogens is 1. The lowest BCUT2D eigenvalue weighted by Gasteiger charge is -2.13. The van der Waals surface area contributed by atoms with Crippen LogP contribution in [0.3, 0.4) is 0 Å². The zero-order chi connectivity index (χ0) is 23.7. The molecule has 5 aromatic rings. The molecule has 0 saturated heterocycles. The normalized spacial score (nSPS) is 10.9. The summed E-state index contributed by atoms with van der Waals surface area (Å²) in [6.07, 6.45) is 0. The molecule has 0 fully saturated rings. The Morgan fingerprint density at radius 1 is 0.600 bits per heavy atom. The Morgan fingerprint density at radius 3 is 1.60 bits per heavy atom. The fourth-order valence-corrected chi connectivity index (χ4v) is 4.69. The van der Waals surface area contributed by atoms with Gasteiger partial charge in [-0.25, -0.2) is 0 Å². The van der Waals surface area contributed by atoms with E-state index in [0.717, 1.165) is 38.9 Å². The Hall–Kier alpha value is -3.06. The van der Waals surface area contributed by atoms with Crippen LogP contribution in [0.1, 0.15) is 16.8 Å². The Kier molecular flexibility index (Phi) is 7.65. The van der Waals surface area contributed by atoms with Crippen molar-refractivity contribution in [3.8, 4) is 33.5 Å². The number of halogens is 1. The number of nitrogens with zero attached hydrogens (tertiary/aromatic N) is 1. The first kappa shape index (κ1) is 25.0.